The highest BCUT2D eigenvalue weighted by Gasteiger charge is 2.30. The fourth-order valence-corrected chi connectivity index (χ4v) is 2.73. The molecule has 1 unspecified atom stereocenters. The molecule has 5 heteroatoms. The van der Waals surface area contributed by atoms with Crippen molar-refractivity contribution in [1.82, 2.24) is 9.97 Å². The summed E-state index contributed by atoms with van der Waals surface area (Å²) in [7, 11) is 0. The lowest BCUT2D eigenvalue weighted by Gasteiger charge is -2.16. The van der Waals surface area contributed by atoms with Gasteiger partial charge in [-0.15, -0.1) is 0 Å². The van der Waals surface area contributed by atoms with Crippen LogP contribution in [0.5, 0.6) is 0 Å². The smallest absolute Gasteiger partial charge is 0.228 e. The number of carbonyl (C=O) groups is 1. The number of pyridine rings is 2. The molecule has 2 N–H and O–H groups in total. The van der Waals surface area contributed by atoms with Crippen LogP contribution in [0.3, 0.4) is 0 Å². The number of anilines is 1. The highest BCUT2D eigenvalue weighted by Crippen LogP contribution is 2.25. The first-order chi connectivity index (χ1) is 9.58. The van der Waals surface area contributed by atoms with Crippen molar-refractivity contribution >= 4 is 22.8 Å². The summed E-state index contributed by atoms with van der Waals surface area (Å²) < 4.78 is 0. The highest BCUT2D eigenvalue weighted by atomic mass is 16.2. The summed E-state index contributed by atoms with van der Waals surface area (Å²) in [4.78, 5) is 22.8. The summed E-state index contributed by atoms with van der Waals surface area (Å²) in [6, 6.07) is 5.92. The highest BCUT2D eigenvalue weighted by molar-refractivity contribution is 5.96. The van der Waals surface area contributed by atoms with Gasteiger partial charge in [0.2, 0.25) is 5.91 Å². The molecule has 3 heterocycles. The Kier molecular flexibility index (Phi) is 3.14. The predicted octanol–water partition coefficient (Wildman–Crippen LogP) is 1.56. The Balaban J connectivity index is 2.03. The van der Waals surface area contributed by atoms with Crippen molar-refractivity contribution in [2.75, 3.05) is 18.0 Å². The molecule has 3 rings (SSSR count). The monoisotopic (exact) mass is 270 g/mol. The molecule has 0 spiro atoms. The SMILES string of the molecule is Cc1cc(C)c2ccc(N3CC(CN)CC3=O)nc2n1. The maximum atomic E-state index is 12.0. The number of nitrogens with two attached hydrogens (primary N) is 1. The van der Waals surface area contributed by atoms with Crippen LogP contribution in [0.25, 0.3) is 11.0 Å². The first-order valence-corrected chi connectivity index (χ1v) is 6.84. The first-order valence-electron chi connectivity index (χ1n) is 6.84. The molecular formula is C15H18N4O. The van der Waals surface area contributed by atoms with Crippen LogP contribution >= 0.6 is 0 Å². The molecule has 0 aliphatic carbocycles. The van der Waals surface area contributed by atoms with Crippen molar-refractivity contribution in [2.45, 2.75) is 20.3 Å². The molecule has 1 aliphatic rings. The van der Waals surface area contributed by atoms with Crippen molar-refractivity contribution in [1.29, 1.82) is 0 Å². The van der Waals surface area contributed by atoms with E-state index in [1.165, 1.54) is 0 Å². The topological polar surface area (TPSA) is 72.1 Å². The van der Waals surface area contributed by atoms with Gasteiger partial charge in [0.05, 0.1) is 0 Å². The molecule has 1 aliphatic heterocycles. The average molecular weight is 270 g/mol. The minimum atomic E-state index is 0.0941. The Hall–Kier alpha value is -2.01. The Bertz CT molecular complexity index is 683. The first kappa shape index (κ1) is 13.0. The van der Waals surface area contributed by atoms with Gasteiger partial charge in [0.25, 0.3) is 0 Å². The fourth-order valence-electron chi connectivity index (χ4n) is 2.73. The normalized spacial score (nSPS) is 19.1. The molecule has 0 bridgehead atoms. The number of aryl methyl sites for hydroxylation is 2. The van der Waals surface area contributed by atoms with Gasteiger partial charge in [-0.25, -0.2) is 9.97 Å². The van der Waals surface area contributed by atoms with Gasteiger partial charge in [-0.2, -0.15) is 0 Å². The average Bonchev–Trinajstić information content (AvgIpc) is 2.79. The van der Waals surface area contributed by atoms with Crippen molar-refractivity contribution in [3.63, 3.8) is 0 Å². The lowest BCUT2D eigenvalue weighted by atomic mass is 10.1. The molecule has 104 valence electrons. The third-order valence-electron chi connectivity index (χ3n) is 3.81. The number of carbonyl (C=O) groups excluding carboxylic acids is 1. The van der Waals surface area contributed by atoms with E-state index in [2.05, 4.69) is 9.97 Å². The number of fused-ring (bicyclic) bond motifs is 1. The Morgan fingerprint density at radius 3 is 2.85 bits per heavy atom. The van der Waals surface area contributed by atoms with E-state index in [0.717, 1.165) is 16.6 Å². The van der Waals surface area contributed by atoms with Crippen LogP contribution in [0.15, 0.2) is 18.2 Å². The van der Waals surface area contributed by atoms with Crippen LogP contribution < -0.4 is 10.6 Å². The van der Waals surface area contributed by atoms with Crippen LogP contribution in [0.2, 0.25) is 0 Å². The summed E-state index contributed by atoms with van der Waals surface area (Å²) in [5.41, 5.74) is 8.44. The Morgan fingerprint density at radius 2 is 2.15 bits per heavy atom. The molecule has 2 aromatic rings. The van der Waals surface area contributed by atoms with Gasteiger partial charge >= 0.3 is 0 Å². The van der Waals surface area contributed by atoms with Gasteiger partial charge < -0.3 is 5.73 Å². The van der Waals surface area contributed by atoms with E-state index < -0.39 is 0 Å². The van der Waals surface area contributed by atoms with Crippen molar-refractivity contribution in [2.24, 2.45) is 11.7 Å². The van der Waals surface area contributed by atoms with Gasteiger partial charge in [0.15, 0.2) is 5.65 Å². The van der Waals surface area contributed by atoms with Gasteiger partial charge in [0.1, 0.15) is 5.82 Å². The molecule has 1 saturated heterocycles. The van der Waals surface area contributed by atoms with Crippen molar-refractivity contribution in [3.05, 3.63) is 29.5 Å². The molecule has 1 amide bonds. The zero-order valence-corrected chi connectivity index (χ0v) is 11.8. The number of aromatic nitrogens is 2. The maximum absolute atomic E-state index is 12.0. The molecule has 5 nitrogen and oxygen atoms in total. The van der Waals surface area contributed by atoms with Crippen LogP contribution in [-0.2, 0) is 4.79 Å². The van der Waals surface area contributed by atoms with Gasteiger partial charge in [-0.3, -0.25) is 9.69 Å². The van der Waals surface area contributed by atoms with Gasteiger partial charge in [-0.05, 0) is 50.1 Å². The van der Waals surface area contributed by atoms with Gasteiger partial charge in [0, 0.05) is 24.0 Å². The molecular weight excluding hydrogens is 252 g/mol. The van der Waals surface area contributed by atoms with Gasteiger partial charge in [-0.1, -0.05) is 0 Å². The summed E-state index contributed by atoms with van der Waals surface area (Å²) in [6.07, 6.45) is 0.510. The fraction of sp³-hybridized carbons (Fsp3) is 0.400. The summed E-state index contributed by atoms with van der Waals surface area (Å²) in [5.74, 6) is 1.000. The number of amides is 1. The Morgan fingerprint density at radius 1 is 1.35 bits per heavy atom. The van der Waals surface area contributed by atoms with E-state index in [0.29, 0.717) is 31.0 Å². The van der Waals surface area contributed by atoms with Crippen molar-refractivity contribution in [3.8, 4) is 0 Å². The molecule has 0 radical (unpaired) electrons. The van der Waals surface area contributed by atoms with E-state index in [1.807, 2.05) is 32.0 Å². The van der Waals surface area contributed by atoms with E-state index in [1.54, 1.807) is 4.90 Å². The lowest BCUT2D eigenvalue weighted by Crippen LogP contribution is -2.26. The molecule has 1 fully saturated rings. The Labute approximate surface area is 117 Å². The molecule has 2 aromatic heterocycles. The summed E-state index contributed by atoms with van der Waals surface area (Å²) >= 11 is 0. The zero-order chi connectivity index (χ0) is 14.3. The molecule has 1 atom stereocenters. The van der Waals surface area contributed by atoms with E-state index in [-0.39, 0.29) is 11.8 Å². The summed E-state index contributed by atoms with van der Waals surface area (Å²) in [6.45, 7) is 5.18. The third-order valence-corrected chi connectivity index (χ3v) is 3.81. The van der Waals surface area contributed by atoms with Crippen LogP contribution in [0.1, 0.15) is 17.7 Å². The van der Waals surface area contributed by atoms with Crippen LogP contribution in [0.4, 0.5) is 5.82 Å². The number of hydrogen-bond acceptors (Lipinski definition) is 4. The second-order valence-corrected chi connectivity index (χ2v) is 5.43. The minimum Gasteiger partial charge on any atom is -0.330 e. The molecule has 0 aromatic carbocycles. The minimum absolute atomic E-state index is 0.0941. The standard InChI is InChI=1S/C15H18N4O/c1-9-5-10(2)17-15-12(9)3-4-13(18-15)19-8-11(7-16)6-14(19)20/h3-5,11H,6-8,16H2,1-2H3. The van der Waals surface area contributed by atoms with E-state index in [9.17, 15) is 4.79 Å². The quantitative estimate of drug-likeness (QED) is 0.899. The third kappa shape index (κ3) is 2.14. The maximum Gasteiger partial charge on any atom is 0.228 e. The van der Waals surface area contributed by atoms with Crippen LogP contribution in [-0.4, -0.2) is 29.0 Å². The largest absolute Gasteiger partial charge is 0.330 e. The second-order valence-electron chi connectivity index (χ2n) is 5.43. The molecule has 20 heavy (non-hydrogen) atoms. The van der Waals surface area contributed by atoms with E-state index in [4.69, 9.17) is 5.73 Å². The molecule has 0 saturated carbocycles. The second kappa shape index (κ2) is 4.83. The number of hydrogen-bond donors (Lipinski definition) is 1. The zero-order valence-electron chi connectivity index (χ0n) is 11.8. The lowest BCUT2D eigenvalue weighted by molar-refractivity contribution is -0.117. The number of rotatable bonds is 2. The van der Waals surface area contributed by atoms with Crippen LogP contribution in [0, 0.1) is 19.8 Å². The predicted molar refractivity (Wildman–Crippen MR) is 78.5 cm³/mol. The van der Waals surface area contributed by atoms with Crippen molar-refractivity contribution < 1.29 is 4.79 Å². The van der Waals surface area contributed by atoms with E-state index >= 15 is 0 Å². The number of nitrogens with zero attached hydrogens (tertiary/aromatic N) is 3. The summed E-state index contributed by atoms with van der Waals surface area (Å²) in [5, 5.41) is 1.03.